The fourth-order valence-corrected chi connectivity index (χ4v) is 2.66. The third-order valence-corrected chi connectivity index (χ3v) is 4.13. The van der Waals surface area contributed by atoms with Gasteiger partial charge < -0.3 is 5.32 Å². The lowest BCUT2D eigenvalue weighted by atomic mass is 9.74. The van der Waals surface area contributed by atoms with Crippen molar-refractivity contribution in [3.05, 3.63) is 12.2 Å². The zero-order valence-corrected chi connectivity index (χ0v) is 9.39. The maximum absolute atomic E-state index is 3.82. The lowest BCUT2D eigenvalue weighted by Gasteiger charge is -2.43. The Hall–Kier alpha value is -0.300. The maximum atomic E-state index is 3.82. The van der Waals surface area contributed by atoms with E-state index in [4.69, 9.17) is 0 Å². The molecular weight excluding hydrogens is 170 g/mol. The van der Waals surface area contributed by atoms with Gasteiger partial charge in [-0.05, 0) is 57.4 Å². The highest BCUT2D eigenvalue weighted by Gasteiger charge is 2.34. The molecule has 1 atom stereocenters. The van der Waals surface area contributed by atoms with Gasteiger partial charge >= 0.3 is 0 Å². The highest BCUT2D eigenvalue weighted by atomic mass is 15.0. The third kappa shape index (κ3) is 2.20. The largest absolute Gasteiger partial charge is 0.311 e. The van der Waals surface area contributed by atoms with Gasteiger partial charge in [-0.1, -0.05) is 19.1 Å². The van der Waals surface area contributed by atoms with E-state index in [0.717, 1.165) is 5.92 Å². The van der Waals surface area contributed by atoms with Crippen LogP contribution in [0.5, 0.6) is 0 Å². The summed E-state index contributed by atoms with van der Waals surface area (Å²) in [5.41, 5.74) is 0.543. The van der Waals surface area contributed by atoms with Crippen LogP contribution in [0.25, 0.3) is 0 Å². The Morgan fingerprint density at radius 1 is 1.36 bits per heavy atom. The van der Waals surface area contributed by atoms with Gasteiger partial charge in [0.25, 0.3) is 0 Å². The summed E-state index contributed by atoms with van der Waals surface area (Å²) in [6.45, 7) is 3.57. The van der Waals surface area contributed by atoms with Crippen molar-refractivity contribution < 1.29 is 0 Å². The van der Waals surface area contributed by atoms with E-state index in [9.17, 15) is 0 Å². The Labute approximate surface area is 88.0 Å². The normalized spacial score (nSPS) is 29.9. The Balaban J connectivity index is 1.73. The first-order valence-corrected chi connectivity index (χ1v) is 6.25. The molecule has 0 aliphatic heterocycles. The number of hydrogen-bond acceptors (Lipinski definition) is 1. The summed E-state index contributed by atoms with van der Waals surface area (Å²) < 4.78 is 0. The summed E-state index contributed by atoms with van der Waals surface area (Å²) in [7, 11) is 0. The maximum Gasteiger partial charge on any atom is 0.0179 e. The van der Waals surface area contributed by atoms with Crippen molar-refractivity contribution in [3.63, 3.8) is 0 Å². The van der Waals surface area contributed by atoms with Crippen LogP contribution >= 0.6 is 0 Å². The van der Waals surface area contributed by atoms with E-state index in [1.54, 1.807) is 0 Å². The summed E-state index contributed by atoms with van der Waals surface area (Å²) in [6, 6.07) is 0. The molecule has 0 radical (unpaired) electrons. The van der Waals surface area contributed by atoms with Crippen LogP contribution in [0.4, 0.5) is 0 Å². The lowest BCUT2D eigenvalue weighted by molar-refractivity contribution is 0.166. The lowest BCUT2D eigenvalue weighted by Crippen LogP contribution is -2.51. The van der Waals surface area contributed by atoms with Crippen LogP contribution in [0.3, 0.4) is 0 Å². The Morgan fingerprint density at radius 3 is 2.71 bits per heavy atom. The fourth-order valence-electron chi connectivity index (χ4n) is 2.66. The van der Waals surface area contributed by atoms with Crippen molar-refractivity contribution in [2.45, 2.75) is 57.4 Å². The standard InChI is InChI=1S/C13H23N/c1-2-13(9-6-10-13)14-11-12-7-4-3-5-8-12/h3-4,12,14H,2,5-11H2,1H3. The van der Waals surface area contributed by atoms with Crippen LogP contribution in [0.1, 0.15) is 51.9 Å². The molecule has 0 aromatic carbocycles. The third-order valence-electron chi connectivity index (χ3n) is 4.13. The van der Waals surface area contributed by atoms with Gasteiger partial charge in [-0.3, -0.25) is 0 Å². The van der Waals surface area contributed by atoms with Gasteiger partial charge in [0.1, 0.15) is 0 Å². The summed E-state index contributed by atoms with van der Waals surface area (Å²) >= 11 is 0. The van der Waals surface area contributed by atoms with E-state index in [0.29, 0.717) is 5.54 Å². The van der Waals surface area contributed by atoms with Crippen molar-refractivity contribution in [2.75, 3.05) is 6.54 Å². The number of allylic oxidation sites excluding steroid dienone is 2. The highest BCUT2D eigenvalue weighted by molar-refractivity contribution is 4.97. The predicted octanol–water partition coefficient (Wildman–Crippen LogP) is 3.27. The molecule has 1 N–H and O–H groups in total. The van der Waals surface area contributed by atoms with Crippen molar-refractivity contribution in [1.82, 2.24) is 5.32 Å². The minimum atomic E-state index is 0.543. The summed E-state index contributed by atoms with van der Waals surface area (Å²) in [5, 5.41) is 3.82. The topological polar surface area (TPSA) is 12.0 Å². The van der Waals surface area contributed by atoms with Gasteiger partial charge in [-0.15, -0.1) is 0 Å². The van der Waals surface area contributed by atoms with Gasteiger partial charge in [0.05, 0.1) is 0 Å². The Bertz CT molecular complexity index is 198. The minimum Gasteiger partial charge on any atom is -0.311 e. The molecule has 2 aliphatic rings. The molecule has 1 nitrogen and oxygen atoms in total. The average Bonchev–Trinajstić information content (AvgIpc) is 2.19. The number of hydrogen-bond donors (Lipinski definition) is 1. The Morgan fingerprint density at radius 2 is 2.21 bits per heavy atom. The molecule has 80 valence electrons. The van der Waals surface area contributed by atoms with Crippen LogP contribution in [0.2, 0.25) is 0 Å². The molecule has 1 saturated carbocycles. The zero-order valence-electron chi connectivity index (χ0n) is 9.39. The van der Waals surface area contributed by atoms with Crippen LogP contribution in [0.15, 0.2) is 12.2 Å². The SMILES string of the molecule is CCC1(NCC2CC=CCC2)CCC1. The quantitative estimate of drug-likeness (QED) is 0.676. The average molecular weight is 193 g/mol. The first-order valence-electron chi connectivity index (χ1n) is 6.25. The Kier molecular flexibility index (Phi) is 3.27. The van der Waals surface area contributed by atoms with E-state index in [-0.39, 0.29) is 0 Å². The van der Waals surface area contributed by atoms with Crippen LogP contribution < -0.4 is 5.32 Å². The van der Waals surface area contributed by atoms with Gasteiger partial charge in [-0.2, -0.15) is 0 Å². The minimum absolute atomic E-state index is 0.543. The molecule has 1 fully saturated rings. The second-order valence-corrected chi connectivity index (χ2v) is 5.02. The van der Waals surface area contributed by atoms with E-state index < -0.39 is 0 Å². The molecule has 1 heteroatoms. The van der Waals surface area contributed by atoms with Crippen LogP contribution in [-0.4, -0.2) is 12.1 Å². The van der Waals surface area contributed by atoms with Gasteiger partial charge in [0, 0.05) is 5.54 Å². The van der Waals surface area contributed by atoms with Crippen LogP contribution in [-0.2, 0) is 0 Å². The molecule has 0 amide bonds. The van der Waals surface area contributed by atoms with E-state index in [1.807, 2.05) is 0 Å². The fraction of sp³-hybridized carbons (Fsp3) is 0.846. The predicted molar refractivity (Wildman–Crippen MR) is 61.4 cm³/mol. The first kappa shape index (κ1) is 10.2. The smallest absolute Gasteiger partial charge is 0.0179 e. The number of nitrogens with one attached hydrogen (secondary N) is 1. The van der Waals surface area contributed by atoms with Gasteiger partial charge in [0.15, 0.2) is 0 Å². The second-order valence-electron chi connectivity index (χ2n) is 5.02. The molecule has 0 spiro atoms. The van der Waals surface area contributed by atoms with E-state index in [1.165, 1.54) is 51.5 Å². The number of rotatable bonds is 4. The van der Waals surface area contributed by atoms with Crippen molar-refractivity contribution in [1.29, 1.82) is 0 Å². The van der Waals surface area contributed by atoms with Crippen molar-refractivity contribution in [3.8, 4) is 0 Å². The van der Waals surface area contributed by atoms with Gasteiger partial charge in [-0.25, -0.2) is 0 Å². The molecule has 0 saturated heterocycles. The second kappa shape index (κ2) is 4.48. The zero-order chi connectivity index (χ0) is 9.86. The monoisotopic (exact) mass is 193 g/mol. The molecule has 2 aliphatic carbocycles. The van der Waals surface area contributed by atoms with Crippen molar-refractivity contribution in [2.24, 2.45) is 5.92 Å². The molecule has 2 rings (SSSR count). The molecule has 0 bridgehead atoms. The summed E-state index contributed by atoms with van der Waals surface area (Å²) in [5.74, 6) is 0.907. The highest BCUT2D eigenvalue weighted by Crippen LogP contribution is 2.35. The molecule has 1 unspecified atom stereocenters. The van der Waals surface area contributed by atoms with E-state index >= 15 is 0 Å². The first-order chi connectivity index (χ1) is 6.85. The van der Waals surface area contributed by atoms with Gasteiger partial charge in [0.2, 0.25) is 0 Å². The summed E-state index contributed by atoms with van der Waals surface area (Å²) in [6.07, 6.45) is 14.2. The van der Waals surface area contributed by atoms with E-state index in [2.05, 4.69) is 24.4 Å². The molecule has 0 heterocycles. The summed E-state index contributed by atoms with van der Waals surface area (Å²) in [4.78, 5) is 0. The molecule has 0 aromatic heterocycles. The van der Waals surface area contributed by atoms with Crippen LogP contribution in [0, 0.1) is 5.92 Å². The molecule has 14 heavy (non-hydrogen) atoms. The molecule has 0 aromatic rings. The molecular formula is C13H23N. The van der Waals surface area contributed by atoms with Crippen molar-refractivity contribution >= 4 is 0 Å².